The van der Waals surface area contributed by atoms with E-state index in [0.717, 1.165) is 15.6 Å². The third-order valence-corrected chi connectivity index (χ3v) is 4.24. The molecule has 0 aliphatic rings. The van der Waals surface area contributed by atoms with Gasteiger partial charge in [-0.05, 0) is 51.0 Å². The Bertz CT molecular complexity index is 398. The van der Waals surface area contributed by atoms with Crippen LogP contribution in [0.25, 0.3) is 0 Å². The van der Waals surface area contributed by atoms with E-state index in [1.807, 2.05) is 45.9 Å². The molecule has 0 saturated heterocycles. The predicted octanol–water partition coefficient (Wildman–Crippen LogP) is 3.64. The fourth-order valence-corrected chi connectivity index (χ4v) is 1.80. The van der Waals surface area contributed by atoms with Gasteiger partial charge in [-0.2, -0.15) is 0 Å². The van der Waals surface area contributed by atoms with Gasteiger partial charge in [0.2, 0.25) is 0 Å². The second-order valence-corrected chi connectivity index (χ2v) is 7.39. The monoisotopic (exact) mass is 301 g/mol. The van der Waals surface area contributed by atoms with E-state index >= 15 is 0 Å². The molecular formula is C12H16BrNOS. The summed E-state index contributed by atoms with van der Waals surface area (Å²) in [6.45, 7) is 7.75. The molecule has 0 fully saturated rings. The van der Waals surface area contributed by atoms with Crippen molar-refractivity contribution in [2.75, 3.05) is 0 Å². The third-order valence-electron chi connectivity index (χ3n) is 2.00. The molecule has 4 heteroatoms. The quantitative estimate of drug-likeness (QED) is 0.607. The maximum absolute atomic E-state index is 11.7. The van der Waals surface area contributed by atoms with Crippen molar-refractivity contribution in [2.24, 2.45) is 4.40 Å². The van der Waals surface area contributed by atoms with Crippen LogP contribution in [0.5, 0.6) is 0 Å². The van der Waals surface area contributed by atoms with Gasteiger partial charge in [-0.1, -0.05) is 26.4 Å². The van der Waals surface area contributed by atoms with Crippen molar-refractivity contribution in [1.82, 2.24) is 0 Å². The van der Waals surface area contributed by atoms with Crippen LogP contribution in [0.3, 0.4) is 0 Å². The lowest BCUT2D eigenvalue weighted by molar-refractivity contribution is 0.562. The van der Waals surface area contributed by atoms with E-state index in [9.17, 15) is 4.55 Å². The van der Waals surface area contributed by atoms with Crippen molar-refractivity contribution in [1.29, 1.82) is 0 Å². The molecule has 0 N–H and O–H groups in total. The van der Waals surface area contributed by atoms with Crippen molar-refractivity contribution >= 4 is 33.5 Å². The highest BCUT2D eigenvalue weighted by molar-refractivity contribution is 9.10. The Morgan fingerprint density at radius 1 is 1.38 bits per heavy atom. The Kier molecular flexibility index (Phi) is 4.59. The Morgan fingerprint density at radius 2 is 2.00 bits per heavy atom. The summed E-state index contributed by atoms with van der Waals surface area (Å²) in [4.78, 5) is 0. The van der Waals surface area contributed by atoms with Gasteiger partial charge in [0, 0.05) is 4.47 Å². The summed E-state index contributed by atoms with van der Waals surface area (Å²) < 4.78 is 16.5. The molecule has 0 amide bonds. The predicted molar refractivity (Wildman–Crippen MR) is 74.4 cm³/mol. The van der Waals surface area contributed by atoms with Crippen molar-refractivity contribution in [3.8, 4) is 0 Å². The molecule has 0 spiro atoms. The van der Waals surface area contributed by atoms with Crippen LogP contribution in [0.15, 0.2) is 27.1 Å². The summed E-state index contributed by atoms with van der Waals surface area (Å²) >= 11 is 2.24. The summed E-state index contributed by atoms with van der Waals surface area (Å²) in [6, 6.07) is 5.92. The standard InChI is InChI=1S/C12H16BrNOS/c1-9-7-10(5-6-11(9)13)8-14-16(15)12(2,3)4/h5-8H,1-4H3/b14-8+. The van der Waals surface area contributed by atoms with Gasteiger partial charge in [0.25, 0.3) is 0 Å². The molecule has 88 valence electrons. The zero-order valence-electron chi connectivity index (χ0n) is 9.95. The van der Waals surface area contributed by atoms with Gasteiger partial charge < -0.3 is 4.55 Å². The van der Waals surface area contributed by atoms with E-state index in [1.54, 1.807) is 6.21 Å². The van der Waals surface area contributed by atoms with Crippen LogP contribution < -0.4 is 0 Å². The van der Waals surface area contributed by atoms with E-state index in [2.05, 4.69) is 20.3 Å². The van der Waals surface area contributed by atoms with E-state index in [0.29, 0.717) is 0 Å². The van der Waals surface area contributed by atoms with Gasteiger partial charge in [0.05, 0.1) is 6.21 Å². The first-order valence-corrected chi connectivity index (χ1v) is 6.93. The van der Waals surface area contributed by atoms with E-state index in [1.165, 1.54) is 0 Å². The smallest absolute Gasteiger partial charge is 0.144 e. The van der Waals surface area contributed by atoms with Gasteiger partial charge in [-0.3, -0.25) is 0 Å². The van der Waals surface area contributed by atoms with E-state index < -0.39 is 11.4 Å². The van der Waals surface area contributed by atoms with Crippen LogP contribution in [0, 0.1) is 6.92 Å². The Morgan fingerprint density at radius 3 is 2.50 bits per heavy atom. The van der Waals surface area contributed by atoms with Crippen LogP contribution in [0.4, 0.5) is 0 Å². The van der Waals surface area contributed by atoms with E-state index in [-0.39, 0.29) is 4.75 Å². The highest BCUT2D eigenvalue weighted by atomic mass is 79.9. The zero-order valence-corrected chi connectivity index (χ0v) is 12.4. The number of halogens is 1. The summed E-state index contributed by atoms with van der Waals surface area (Å²) in [6.07, 6.45) is 1.67. The topological polar surface area (TPSA) is 35.4 Å². The summed E-state index contributed by atoms with van der Waals surface area (Å²) in [5, 5.41) is 0. The molecule has 1 aromatic rings. The van der Waals surface area contributed by atoms with Crippen LogP contribution in [0.2, 0.25) is 0 Å². The highest BCUT2D eigenvalue weighted by Crippen LogP contribution is 2.18. The molecule has 0 aliphatic carbocycles. The molecule has 16 heavy (non-hydrogen) atoms. The first kappa shape index (κ1) is 13.7. The number of hydrogen-bond acceptors (Lipinski definition) is 2. The maximum Gasteiger partial charge on any atom is 0.144 e. The van der Waals surface area contributed by atoms with Crippen LogP contribution in [0.1, 0.15) is 31.9 Å². The van der Waals surface area contributed by atoms with E-state index in [4.69, 9.17) is 0 Å². The minimum atomic E-state index is -1.19. The molecule has 1 unspecified atom stereocenters. The molecule has 0 radical (unpaired) electrons. The molecule has 0 aliphatic heterocycles. The molecule has 0 heterocycles. The molecule has 0 bridgehead atoms. The third kappa shape index (κ3) is 3.92. The minimum Gasteiger partial charge on any atom is -0.591 e. The molecule has 0 aromatic heterocycles. The lowest BCUT2D eigenvalue weighted by Gasteiger charge is -2.17. The fourth-order valence-electron chi connectivity index (χ4n) is 1.02. The highest BCUT2D eigenvalue weighted by Gasteiger charge is 2.25. The largest absolute Gasteiger partial charge is 0.591 e. The Hall–Kier alpha value is -0.320. The minimum absolute atomic E-state index is 0.305. The normalized spacial score (nSPS) is 14.4. The van der Waals surface area contributed by atoms with Crippen molar-refractivity contribution in [2.45, 2.75) is 32.4 Å². The number of benzene rings is 1. The number of rotatable bonds is 2. The summed E-state index contributed by atoms with van der Waals surface area (Å²) in [7, 11) is 0. The lowest BCUT2D eigenvalue weighted by atomic mass is 10.2. The number of aryl methyl sites for hydroxylation is 1. The molecule has 0 saturated carbocycles. The Balaban J connectivity index is 2.81. The van der Waals surface area contributed by atoms with Gasteiger partial charge >= 0.3 is 0 Å². The van der Waals surface area contributed by atoms with Gasteiger partial charge in [-0.15, -0.1) is 0 Å². The second-order valence-electron chi connectivity index (χ2n) is 4.60. The van der Waals surface area contributed by atoms with Crippen molar-refractivity contribution in [3.05, 3.63) is 33.8 Å². The molecule has 1 atom stereocenters. The van der Waals surface area contributed by atoms with Crippen LogP contribution >= 0.6 is 15.9 Å². The SMILES string of the molecule is Cc1cc(/C=N/[S+]([O-])C(C)(C)C)ccc1Br. The fraction of sp³-hybridized carbons (Fsp3) is 0.417. The average molecular weight is 302 g/mol. The lowest BCUT2D eigenvalue weighted by Crippen LogP contribution is -2.25. The Labute approximate surface area is 109 Å². The number of nitrogens with zero attached hydrogens (tertiary/aromatic N) is 1. The first-order chi connectivity index (χ1) is 7.30. The molecule has 1 aromatic carbocycles. The van der Waals surface area contributed by atoms with Gasteiger partial charge in [-0.25, -0.2) is 0 Å². The summed E-state index contributed by atoms with van der Waals surface area (Å²) in [5.74, 6) is 0. The zero-order chi connectivity index (χ0) is 12.3. The maximum atomic E-state index is 11.7. The molecule has 1 rings (SSSR count). The first-order valence-electron chi connectivity index (χ1n) is 5.03. The van der Waals surface area contributed by atoms with Gasteiger partial charge in [0.1, 0.15) is 16.1 Å². The van der Waals surface area contributed by atoms with Crippen LogP contribution in [-0.4, -0.2) is 15.5 Å². The van der Waals surface area contributed by atoms with Crippen molar-refractivity contribution < 1.29 is 4.55 Å². The second kappa shape index (κ2) is 5.34. The van der Waals surface area contributed by atoms with Gasteiger partial charge in [0.15, 0.2) is 0 Å². The summed E-state index contributed by atoms with van der Waals surface area (Å²) in [5.41, 5.74) is 2.11. The molecule has 2 nitrogen and oxygen atoms in total. The molecular weight excluding hydrogens is 286 g/mol. The van der Waals surface area contributed by atoms with Crippen LogP contribution in [-0.2, 0) is 11.4 Å². The number of hydrogen-bond donors (Lipinski definition) is 0. The van der Waals surface area contributed by atoms with Crippen molar-refractivity contribution in [3.63, 3.8) is 0 Å². The average Bonchev–Trinajstić information content (AvgIpc) is 2.18.